The standard InChI is InChI=1S/C10H16O2Si/c1-11-10(8-13,12-2)9-6-4-3-5-7-9/h3-7H,8H2,1-2,13H3. The van der Waals surface area contributed by atoms with Crippen LogP contribution >= 0.6 is 0 Å². The molecule has 0 saturated carbocycles. The van der Waals surface area contributed by atoms with Crippen LogP contribution in [-0.2, 0) is 15.3 Å². The van der Waals surface area contributed by atoms with Crippen LogP contribution in [0.25, 0.3) is 0 Å². The number of methoxy groups -OCH3 is 2. The van der Waals surface area contributed by atoms with Crippen LogP contribution in [0.4, 0.5) is 0 Å². The van der Waals surface area contributed by atoms with Crippen LogP contribution in [0.5, 0.6) is 0 Å². The summed E-state index contributed by atoms with van der Waals surface area (Å²) in [7, 11) is 4.43. The van der Waals surface area contributed by atoms with E-state index in [2.05, 4.69) is 0 Å². The maximum Gasteiger partial charge on any atom is 0.190 e. The quantitative estimate of drug-likeness (QED) is 0.526. The molecule has 13 heavy (non-hydrogen) atoms. The van der Waals surface area contributed by atoms with Gasteiger partial charge in [-0.15, -0.1) is 0 Å². The van der Waals surface area contributed by atoms with E-state index in [1.54, 1.807) is 14.2 Å². The van der Waals surface area contributed by atoms with Gasteiger partial charge in [-0.3, -0.25) is 0 Å². The van der Waals surface area contributed by atoms with Crippen molar-refractivity contribution in [1.82, 2.24) is 0 Å². The molecule has 0 amide bonds. The van der Waals surface area contributed by atoms with E-state index in [0.717, 1.165) is 21.9 Å². The van der Waals surface area contributed by atoms with Gasteiger partial charge in [-0.05, 0) is 6.04 Å². The van der Waals surface area contributed by atoms with Gasteiger partial charge in [0.05, 0.1) is 0 Å². The van der Waals surface area contributed by atoms with Crippen molar-refractivity contribution in [3.8, 4) is 0 Å². The minimum absolute atomic E-state index is 0.520. The van der Waals surface area contributed by atoms with E-state index in [1.807, 2.05) is 30.3 Å². The van der Waals surface area contributed by atoms with E-state index in [0.29, 0.717) is 0 Å². The lowest BCUT2D eigenvalue weighted by Crippen LogP contribution is -2.30. The number of hydrogen-bond donors (Lipinski definition) is 0. The summed E-state index contributed by atoms with van der Waals surface area (Å²) >= 11 is 0. The first-order chi connectivity index (χ1) is 6.29. The highest BCUT2D eigenvalue weighted by Crippen LogP contribution is 2.28. The fourth-order valence-electron chi connectivity index (χ4n) is 1.50. The Morgan fingerprint density at radius 3 is 2.08 bits per heavy atom. The molecule has 0 fully saturated rings. The molecule has 3 heteroatoms. The van der Waals surface area contributed by atoms with E-state index >= 15 is 0 Å². The highest BCUT2D eigenvalue weighted by atomic mass is 28.1. The molecule has 0 aliphatic carbocycles. The van der Waals surface area contributed by atoms with E-state index in [1.165, 1.54) is 0 Å². The van der Waals surface area contributed by atoms with Gasteiger partial charge in [-0.1, -0.05) is 30.3 Å². The lowest BCUT2D eigenvalue weighted by molar-refractivity contribution is -0.201. The minimum atomic E-state index is -0.520. The van der Waals surface area contributed by atoms with E-state index < -0.39 is 5.79 Å². The van der Waals surface area contributed by atoms with Gasteiger partial charge in [0.25, 0.3) is 0 Å². The molecule has 1 rings (SSSR count). The third-order valence-electron chi connectivity index (χ3n) is 2.34. The fourth-order valence-corrected chi connectivity index (χ4v) is 2.49. The maximum atomic E-state index is 5.43. The van der Waals surface area contributed by atoms with Gasteiger partial charge in [0.1, 0.15) is 0 Å². The van der Waals surface area contributed by atoms with Crippen LogP contribution in [0.1, 0.15) is 5.56 Å². The predicted octanol–water partition coefficient (Wildman–Crippen LogP) is 0.916. The largest absolute Gasteiger partial charge is 0.349 e. The average Bonchev–Trinajstić information content (AvgIpc) is 2.23. The van der Waals surface area contributed by atoms with E-state index in [9.17, 15) is 0 Å². The topological polar surface area (TPSA) is 18.5 Å². The zero-order valence-electron chi connectivity index (χ0n) is 8.41. The Bertz CT molecular complexity index is 236. The molecule has 1 aromatic rings. The van der Waals surface area contributed by atoms with E-state index in [-0.39, 0.29) is 0 Å². The van der Waals surface area contributed by atoms with Crippen LogP contribution in [0.2, 0.25) is 6.04 Å². The molecule has 72 valence electrons. The third-order valence-corrected chi connectivity index (χ3v) is 3.27. The van der Waals surface area contributed by atoms with Crippen molar-refractivity contribution < 1.29 is 9.47 Å². The van der Waals surface area contributed by atoms with Crippen molar-refractivity contribution in [2.24, 2.45) is 0 Å². The van der Waals surface area contributed by atoms with Gasteiger partial charge in [0, 0.05) is 30.0 Å². The molecular weight excluding hydrogens is 180 g/mol. The van der Waals surface area contributed by atoms with Crippen LogP contribution < -0.4 is 0 Å². The van der Waals surface area contributed by atoms with Crippen molar-refractivity contribution in [1.29, 1.82) is 0 Å². The summed E-state index contributed by atoms with van der Waals surface area (Å²) in [5.74, 6) is -0.520. The molecule has 0 aliphatic heterocycles. The maximum absolute atomic E-state index is 5.43. The second-order valence-corrected chi connectivity index (χ2v) is 3.59. The Labute approximate surface area is 82.3 Å². The average molecular weight is 196 g/mol. The lowest BCUT2D eigenvalue weighted by atomic mass is 10.1. The lowest BCUT2D eigenvalue weighted by Gasteiger charge is -2.30. The van der Waals surface area contributed by atoms with Gasteiger partial charge < -0.3 is 9.47 Å². The molecule has 0 N–H and O–H groups in total. The zero-order chi connectivity index (χ0) is 9.73. The number of rotatable bonds is 4. The monoisotopic (exact) mass is 196 g/mol. The second kappa shape index (κ2) is 4.55. The number of ether oxygens (including phenoxy) is 2. The van der Waals surface area contributed by atoms with Gasteiger partial charge in [-0.25, -0.2) is 0 Å². The van der Waals surface area contributed by atoms with Gasteiger partial charge >= 0.3 is 0 Å². The Kier molecular flexibility index (Phi) is 3.66. The van der Waals surface area contributed by atoms with Crippen molar-refractivity contribution in [2.45, 2.75) is 11.8 Å². The number of hydrogen-bond acceptors (Lipinski definition) is 2. The fraction of sp³-hybridized carbons (Fsp3) is 0.400. The summed E-state index contributed by atoms with van der Waals surface area (Å²) in [4.78, 5) is 0. The molecule has 1 aromatic carbocycles. The first-order valence-corrected chi connectivity index (χ1v) is 5.86. The molecule has 0 aromatic heterocycles. The van der Waals surface area contributed by atoms with Crippen molar-refractivity contribution >= 4 is 10.2 Å². The third kappa shape index (κ3) is 1.99. The summed E-state index contributed by atoms with van der Waals surface area (Å²) in [6.07, 6.45) is 0. The summed E-state index contributed by atoms with van der Waals surface area (Å²) in [6.45, 7) is 0. The van der Waals surface area contributed by atoms with Crippen LogP contribution in [0.15, 0.2) is 30.3 Å². The Morgan fingerprint density at radius 1 is 1.15 bits per heavy atom. The molecule has 0 heterocycles. The Morgan fingerprint density at radius 2 is 1.69 bits per heavy atom. The highest BCUT2D eigenvalue weighted by Gasteiger charge is 2.28. The van der Waals surface area contributed by atoms with Crippen molar-refractivity contribution in [3.63, 3.8) is 0 Å². The first-order valence-electron chi connectivity index (χ1n) is 4.45. The molecule has 0 bridgehead atoms. The normalized spacial score (nSPS) is 11.8. The van der Waals surface area contributed by atoms with Crippen molar-refractivity contribution in [2.75, 3.05) is 14.2 Å². The zero-order valence-corrected chi connectivity index (χ0v) is 10.4. The van der Waals surface area contributed by atoms with Gasteiger partial charge in [0.15, 0.2) is 5.79 Å². The van der Waals surface area contributed by atoms with Gasteiger partial charge in [0.2, 0.25) is 0 Å². The smallest absolute Gasteiger partial charge is 0.190 e. The minimum Gasteiger partial charge on any atom is -0.349 e. The Balaban J connectivity index is 3.01. The predicted molar refractivity (Wildman–Crippen MR) is 56.9 cm³/mol. The summed E-state index contributed by atoms with van der Waals surface area (Å²) in [5.41, 5.74) is 1.09. The SMILES string of the molecule is COC(C[SiH3])(OC)c1ccccc1. The van der Waals surface area contributed by atoms with Crippen molar-refractivity contribution in [3.05, 3.63) is 35.9 Å². The summed E-state index contributed by atoms with van der Waals surface area (Å²) < 4.78 is 10.9. The molecule has 0 spiro atoms. The molecule has 2 nitrogen and oxygen atoms in total. The molecule has 0 atom stereocenters. The van der Waals surface area contributed by atoms with Crippen LogP contribution in [-0.4, -0.2) is 24.5 Å². The second-order valence-electron chi connectivity index (χ2n) is 2.88. The van der Waals surface area contributed by atoms with Crippen LogP contribution in [0.3, 0.4) is 0 Å². The molecule has 0 aliphatic rings. The van der Waals surface area contributed by atoms with E-state index in [4.69, 9.17) is 9.47 Å². The highest BCUT2D eigenvalue weighted by molar-refractivity contribution is 6.09. The Hall–Kier alpha value is -0.643. The van der Waals surface area contributed by atoms with Crippen LogP contribution in [0, 0.1) is 0 Å². The first kappa shape index (κ1) is 10.4. The molecule has 0 saturated heterocycles. The molecule has 0 radical (unpaired) electrons. The van der Waals surface area contributed by atoms with Gasteiger partial charge in [-0.2, -0.15) is 0 Å². The molecule has 0 unspecified atom stereocenters. The summed E-state index contributed by atoms with van der Waals surface area (Å²) in [6, 6.07) is 11.0. The summed E-state index contributed by atoms with van der Waals surface area (Å²) in [5, 5.41) is 0. The number of benzene rings is 1. The molecular formula is C10H16O2Si.